The van der Waals surface area contributed by atoms with Crippen molar-refractivity contribution >= 4 is 17.5 Å². The van der Waals surface area contributed by atoms with Gasteiger partial charge < -0.3 is 10.5 Å². The molecule has 1 aromatic rings. The van der Waals surface area contributed by atoms with Crippen LogP contribution in [0.1, 0.15) is 6.92 Å². The third kappa shape index (κ3) is 4.88. The van der Waals surface area contributed by atoms with Crippen LogP contribution in [-0.4, -0.2) is 61.1 Å². The molecule has 1 saturated heterocycles. The van der Waals surface area contributed by atoms with Gasteiger partial charge in [-0.1, -0.05) is 11.6 Å². The second kappa shape index (κ2) is 7.64. The van der Waals surface area contributed by atoms with Gasteiger partial charge in [-0.15, -0.1) is 0 Å². The lowest BCUT2D eigenvalue weighted by Crippen LogP contribution is -2.53. The van der Waals surface area contributed by atoms with Crippen molar-refractivity contribution in [3.63, 3.8) is 0 Å². The molecule has 2 N–H and O–H groups in total. The van der Waals surface area contributed by atoms with E-state index in [4.69, 9.17) is 22.1 Å². The van der Waals surface area contributed by atoms with Gasteiger partial charge in [-0.2, -0.15) is 0 Å². The summed E-state index contributed by atoms with van der Waals surface area (Å²) in [6.45, 7) is 6.98. The summed E-state index contributed by atoms with van der Waals surface area (Å²) >= 11 is 5.83. The van der Waals surface area contributed by atoms with Gasteiger partial charge in [0.15, 0.2) is 0 Å². The molecule has 0 aromatic heterocycles. The molecule has 0 unspecified atom stereocenters. The molecular weight excluding hydrogens is 290 g/mol. The van der Waals surface area contributed by atoms with Crippen molar-refractivity contribution in [3.05, 3.63) is 29.3 Å². The number of carbonyl (C=O) groups is 1. The standard InChI is InChI=1S/C15H22ClN3O2/c1-12(15(17)20)19-8-6-18(7-9-19)10-11-21-14-4-2-13(16)3-5-14/h2-5,12H,6-11H2,1H3,(H2,17,20)/t12-/m0/s1. The zero-order valence-electron chi connectivity index (χ0n) is 12.3. The first-order valence-electron chi connectivity index (χ1n) is 7.20. The number of benzene rings is 1. The lowest BCUT2D eigenvalue weighted by molar-refractivity contribution is -0.123. The SMILES string of the molecule is C[C@@H](C(N)=O)N1CCN(CCOc2ccc(Cl)cc2)CC1. The quantitative estimate of drug-likeness (QED) is 0.858. The Balaban J connectivity index is 1.67. The zero-order valence-corrected chi connectivity index (χ0v) is 13.1. The first-order valence-corrected chi connectivity index (χ1v) is 7.58. The molecule has 6 heteroatoms. The van der Waals surface area contributed by atoms with Gasteiger partial charge in [-0.25, -0.2) is 0 Å². The largest absolute Gasteiger partial charge is 0.492 e. The number of hydrogen-bond donors (Lipinski definition) is 1. The summed E-state index contributed by atoms with van der Waals surface area (Å²) in [6, 6.07) is 7.20. The summed E-state index contributed by atoms with van der Waals surface area (Å²) in [7, 11) is 0. The maximum Gasteiger partial charge on any atom is 0.234 e. The van der Waals surface area contributed by atoms with E-state index in [0.29, 0.717) is 11.6 Å². The molecule has 116 valence electrons. The fourth-order valence-corrected chi connectivity index (χ4v) is 2.50. The van der Waals surface area contributed by atoms with E-state index in [0.717, 1.165) is 38.5 Å². The average Bonchev–Trinajstić information content (AvgIpc) is 2.49. The fraction of sp³-hybridized carbons (Fsp3) is 0.533. The normalized spacial score (nSPS) is 18.4. The molecule has 0 bridgehead atoms. The molecule has 1 aliphatic rings. The van der Waals surface area contributed by atoms with Gasteiger partial charge >= 0.3 is 0 Å². The number of nitrogens with two attached hydrogens (primary N) is 1. The van der Waals surface area contributed by atoms with Crippen LogP contribution in [0.4, 0.5) is 0 Å². The highest BCUT2D eigenvalue weighted by Gasteiger charge is 2.23. The van der Waals surface area contributed by atoms with Crippen molar-refractivity contribution in [3.8, 4) is 5.75 Å². The van der Waals surface area contributed by atoms with Crippen LogP contribution in [-0.2, 0) is 4.79 Å². The summed E-state index contributed by atoms with van der Waals surface area (Å²) in [5.41, 5.74) is 5.33. The molecule has 2 rings (SSSR count). The predicted octanol–water partition coefficient (Wildman–Crippen LogP) is 1.21. The molecule has 0 spiro atoms. The Bertz CT molecular complexity index is 458. The molecule has 0 aliphatic carbocycles. The number of halogens is 1. The van der Waals surface area contributed by atoms with Gasteiger partial charge in [0.05, 0.1) is 6.04 Å². The average molecular weight is 312 g/mol. The topological polar surface area (TPSA) is 58.8 Å². The van der Waals surface area contributed by atoms with Gasteiger partial charge in [-0.05, 0) is 31.2 Å². The van der Waals surface area contributed by atoms with E-state index in [1.54, 1.807) is 0 Å². The van der Waals surface area contributed by atoms with Crippen molar-refractivity contribution in [2.45, 2.75) is 13.0 Å². The van der Waals surface area contributed by atoms with Crippen LogP contribution in [0, 0.1) is 0 Å². The summed E-state index contributed by atoms with van der Waals surface area (Å²) in [5, 5.41) is 0.710. The van der Waals surface area contributed by atoms with Crippen LogP contribution in [0.25, 0.3) is 0 Å². The van der Waals surface area contributed by atoms with Crippen LogP contribution in [0.2, 0.25) is 5.02 Å². The van der Waals surface area contributed by atoms with E-state index in [1.807, 2.05) is 31.2 Å². The Morgan fingerprint density at radius 3 is 2.48 bits per heavy atom. The number of primary amides is 1. The fourth-order valence-electron chi connectivity index (χ4n) is 2.38. The van der Waals surface area contributed by atoms with Crippen LogP contribution in [0.15, 0.2) is 24.3 Å². The number of hydrogen-bond acceptors (Lipinski definition) is 4. The molecular formula is C15H22ClN3O2. The third-order valence-corrected chi connectivity index (χ3v) is 4.11. The summed E-state index contributed by atoms with van der Waals surface area (Å²) in [5.74, 6) is 0.579. The lowest BCUT2D eigenvalue weighted by Gasteiger charge is -2.36. The van der Waals surface area contributed by atoms with Crippen LogP contribution in [0.5, 0.6) is 5.75 Å². The first-order chi connectivity index (χ1) is 10.1. The van der Waals surface area contributed by atoms with Crippen LogP contribution < -0.4 is 10.5 Å². The van der Waals surface area contributed by atoms with Gasteiger partial charge in [0.2, 0.25) is 5.91 Å². The van der Waals surface area contributed by atoms with E-state index in [1.165, 1.54) is 0 Å². The highest BCUT2D eigenvalue weighted by molar-refractivity contribution is 6.30. The molecule has 21 heavy (non-hydrogen) atoms. The summed E-state index contributed by atoms with van der Waals surface area (Å²) < 4.78 is 5.69. The molecule has 5 nitrogen and oxygen atoms in total. The van der Waals surface area contributed by atoms with Crippen LogP contribution >= 0.6 is 11.6 Å². The highest BCUT2D eigenvalue weighted by Crippen LogP contribution is 2.15. The minimum Gasteiger partial charge on any atom is -0.492 e. The van der Waals surface area contributed by atoms with Crippen molar-refractivity contribution in [2.24, 2.45) is 5.73 Å². The zero-order chi connectivity index (χ0) is 15.2. The minimum absolute atomic E-state index is 0.183. The Labute approximate surface area is 130 Å². The Hall–Kier alpha value is -1.30. The Morgan fingerprint density at radius 1 is 1.29 bits per heavy atom. The summed E-state index contributed by atoms with van der Waals surface area (Å²) in [4.78, 5) is 15.6. The smallest absolute Gasteiger partial charge is 0.234 e. The number of amides is 1. The van der Waals surface area contributed by atoms with Crippen molar-refractivity contribution in [1.29, 1.82) is 0 Å². The Morgan fingerprint density at radius 2 is 1.90 bits per heavy atom. The molecule has 0 saturated carbocycles. The molecule has 1 fully saturated rings. The van der Waals surface area contributed by atoms with E-state index in [-0.39, 0.29) is 11.9 Å². The lowest BCUT2D eigenvalue weighted by atomic mass is 10.2. The molecule has 1 heterocycles. The second-order valence-corrected chi connectivity index (χ2v) is 5.69. The summed E-state index contributed by atoms with van der Waals surface area (Å²) in [6.07, 6.45) is 0. The third-order valence-electron chi connectivity index (χ3n) is 3.86. The van der Waals surface area contributed by atoms with E-state index in [9.17, 15) is 4.79 Å². The maximum atomic E-state index is 11.2. The van der Waals surface area contributed by atoms with E-state index < -0.39 is 0 Å². The highest BCUT2D eigenvalue weighted by atomic mass is 35.5. The van der Waals surface area contributed by atoms with Crippen molar-refractivity contribution in [2.75, 3.05) is 39.3 Å². The molecule has 1 amide bonds. The van der Waals surface area contributed by atoms with Gasteiger partial charge in [0.1, 0.15) is 12.4 Å². The number of piperazine rings is 1. The van der Waals surface area contributed by atoms with E-state index >= 15 is 0 Å². The molecule has 0 radical (unpaired) electrons. The number of rotatable bonds is 6. The predicted molar refractivity (Wildman–Crippen MR) is 83.6 cm³/mol. The van der Waals surface area contributed by atoms with Gasteiger partial charge in [-0.3, -0.25) is 14.6 Å². The van der Waals surface area contributed by atoms with Crippen molar-refractivity contribution < 1.29 is 9.53 Å². The van der Waals surface area contributed by atoms with Crippen LogP contribution in [0.3, 0.4) is 0 Å². The van der Waals surface area contributed by atoms with E-state index in [2.05, 4.69) is 9.80 Å². The van der Waals surface area contributed by atoms with Gasteiger partial charge in [0, 0.05) is 37.7 Å². The number of nitrogens with zero attached hydrogens (tertiary/aromatic N) is 2. The van der Waals surface area contributed by atoms with Gasteiger partial charge in [0.25, 0.3) is 0 Å². The first kappa shape index (κ1) is 16.1. The monoisotopic (exact) mass is 311 g/mol. The second-order valence-electron chi connectivity index (χ2n) is 5.26. The maximum absolute atomic E-state index is 11.2. The van der Waals surface area contributed by atoms with Crippen molar-refractivity contribution in [1.82, 2.24) is 9.80 Å². The minimum atomic E-state index is -0.255. The number of carbonyl (C=O) groups excluding carboxylic acids is 1. The number of ether oxygens (including phenoxy) is 1. The molecule has 1 aliphatic heterocycles. The Kier molecular flexibility index (Phi) is 5.85. The molecule has 1 aromatic carbocycles. The molecule has 1 atom stereocenters.